The average Bonchev–Trinajstić information content (AvgIpc) is 2.27. The predicted octanol–water partition coefficient (Wildman–Crippen LogP) is 1.97. The molecule has 0 aliphatic carbocycles. The van der Waals surface area contributed by atoms with Crippen LogP contribution in [0.15, 0.2) is 22.9 Å². The summed E-state index contributed by atoms with van der Waals surface area (Å²) in [5.41, 5.74) is 0.750. The van der Waals surface area contributed by atoms with E-state index in [9.17, 15) is 9.59 Å². The van der Waals surface area contributed by atoms with E-state index in [4.69, 9.17) is 5.11 Å². The highest BCUT2D eigenvalue weighted by molar-refractivity contribution is 9.10. The molecule has 1 N–H and O–H groups in total. The van der Waals surface area contributed by atoms with E-state index in [0.29, 0.717) is 4.60 Å². The molecular weight excluding hydrogens is 290 g/mol. The molecule has 0 radical (unpaired) electrons. The Morgan fingerprint density at radius 3 is 2.76 bits per heavy atom. The predicted molar refractivity (Wildman–Crippen MR) is 63.6 cm³/mol. The van der Waals surface area contributed by atoms with Crippen molar-refractivity contribution in [2.75, 3.05) is 7.11 Å². The van der Waals surface area contributed by atoms with Crippen molar-refractivity contribution in [1.29, 1.82) is 0 Å². The van der Waals surface area contributed by atoms with Gasteiger partial charge in [-0.25, -0.2) is 4.98 Å². The number of carboxylic acids is 1. The molecule has 0 aliphatic rings. The third-order valence-corrected chi connectivity index (χ3v) is 2.72. The maximum absolute atomic E-state index is 11.2. The number of ether oxygens (including phenoxy) is 1. The third kappa shape index (κ3) is 4.52. The van der Waals surface area contributed by atoms with Crippen LogP contribution in [0.25, 0.3) is 0 Å². The molecule has 0 spiro atoms. The minimum absolute atomic E-state index is 0.0409. The number of aliphatic carboxylic acids is 1. The third-order valence-electron chi connectivity index (χ3n) is 2.28. The van der Waals surface area contributed by atoms with Crippen molar-refractivity contribution in [3.05, 3.63) is 28.5 Å². The summed E-state index contributed by atoms with van der Waals surface area (Å²) in [4.78, 5) is 25.9. The molecule has 5 nitrogen and oxygen atoms in total. The lowest BCUT2D eigenvalue weighted by Crippen LogP contribution is -2.12. The molecule has 0 saturated heterocycles. The number of carboxylic acid groups (broad SMARTS) is 1. The number of pyridine rings is 1. The molecule has 0 fully saturated rings. The monoisotopic (exact) mass is 301 g/mol. The second kappa shape index (κ2) is 6.34. The highest BCUT2D eigenvalue weighted by Gasteiger charge is 2.20. The van der Waals surface area contributed by atoms with Gasteiger partial charge in [-0.05, 0) is 33.6 Å². The molecule has 0 aromatic carbocycles. The van der Waals surface area contributed by atoms with Crippen LogP contribution < -0.4 is 0 Å². The van der Waals surface area contributed by atoms with Crippen molar-refractivity contribution in [3.63, 3.8) is 0 Å². The van der Waals surface area contributed by atoms with Gasteiger partial charge in [0.2, 0.25) is 0 Å². The first kappa shape index (κ1) is 13.6. The molecule has 92 valence electrons. The van der Waals surface area contributed by atoms with Gasteiger partial charge in [-0.2, -0.15) is 0 Å². The van der Waals surface area contributed by atoms with Gasteiger partial charge in [0.1, 0.15) is 4.60 Å². The normalized spacial score (nSPS) is 11.9. The summed E-state index contributed by atoms with van der Waals surface area (Å²) in [7, 11) is 1.28. The molecular formula is C11H12BrNO4. The summed E-state index contributed by atoms with van der Waals surface area (Å²) in [5, 5.41) is 8.82. The Labute approximate surface area is 107 Å². The van der Waals surface area contributed by atoms with E-state index < -0.39 is 17.9 Å². The van der Waals surface area contributed by atoms with E-state index in [0.717, 1.165) is 5.56 Å². The zero-order valence-corrected chi connectivity index (χ0v) is 10.8. The Bertz CT molecular complexity index is 422. The summed E-state index contributed by atoms with van der Waals surface area (Å²) in [6.07, 6.45) is 1.48. The van der Waals surface area contributed by atoms with E-state index in [-0.39, 0.29) is 12.8 Å². The fourth-order valence-corrected chi connectivity index (χ4v) is 1.86. The van der Waals surface area contributed by atoms with Crippen LogP contribution in [-0.4, -0.2) is 29.1 Å². The Morgan fingerprint density at radius 1 is 1.53 bits per heavy atom. The van der Waals surface area contributed by atoms with Crippen LogP contribution in [-0.2, 0) is 14.3 Å². The zero-order chi connectivity index (χ0) is 12.8. The number of esters is 1. The minimum atomic E-state index is -0.952. The fourth-order valence-electron chi connectivity index (χ4n) is 1.47. The second-order valence-electron chi connectivity index (χ2n) is 3.49. The molecule has 0 bridgehead atoms. The van der Waals surface area contributed by atoms with Gasteiger partial charge < -0.3 is 9.84 Å². The van der Waals surface area contributed by atoms with Gasteiger partial charge in [0.05, 0.1) is 20.0 Å². The highest BCUT2D eigenvalue weighted by atomic mass is 79.9. The van der Waals surface area contributed by atoms with Crippen LogP contribution in [0.1, 0.15) is 24.3 Å². The zero-order valence-electron chi connectivity index (χ0n) is 9.22. The van der Waals surface area contributed by atoms with Gasteiger partial charge in [-0.15, -0.1) is 0 Å². The van der Waals surface area contributed by atoms with Crippen molar-refractivity contribution in [2.45, 2.75) is 18.8 Å². The van der Waals surface area contributed by atoms with Crippen molar-refractivity contribution < 1.29 is 19.4 Å². The lowest BCUT2D eigenvalue weighted by atomic mass is 9.93. The van der Waals surface area contributed by atoms with Gasteiger partial charge in [0, 0.05) is 12.1 Å². The molecule has 17 heavy (non-hydrogen) atoms. The molecule has 1 heterocycles. The van der Waals surface area contributed by atoms with Gasteiger partial charge in [-0.3, -0.25) is 9.59 Å². The van der Waals surface area contributed by atoms with Crippen molar-refractivity contribution in [2.24, 2.45) is 0 Å². The molecule has 0 unspecified atom stereocenters. The number of rotatable bonds is 5. The van der Waals surface area contributed by atoms with Gasteiger partial charge >= 0.3 is 11.9 Å². The Balaban J connectivity index is 2.89. The van der Waals surface area contributed by atoms with E-state index in [1.807, 2.05) is 0 Å². The standard InChI is InChI=1S/C11H12BrNO4/c1-17-11(16)6-8(5-10(14)15)7-2-3-13-9(12)4-7/h2-4,8H,5-6H2,1H3,(H,14,15)/t8-/m0/s1. The van der Waals surface area contributed by atoms with E-state index in [1.54, 1.807) is 18.3 Å². The van der Waals surface area contributed by atoms with E-state index in [1.165, 1.54) is 7.11 Å². The first-order chi connectivity index (χ1) is 8.02. The summed E-state index contributed by atoms with van der Waals surface area (Å²) in [6, 6.07) is 3.40. The smallest absolute Gasteiger partial charge is 0.306 e. The number of carbonyl (C=O) groups is 2. The first-order valence-corrected chi connectivity index (χ1v) is 5.72. The Hall–Kier alpha value is -1.43. The number of nitrogens with zero attached hydrogens (tertiary/aromatic N) is 1. The summed E-state index contributed by atoms with van der Waals surface area (Å²) >= 11 is 3.21. The highest BCUT2D eigenvalue weighted by Crippen LogP contribution is 2.25. The summed E-state index contributed by atoms with van der Waals surface area (Å²) in [5.74, 6) is -1.78. The first-order valence-electron chi connectivity index (χ1n) is 4.93. The lowest BCUT2D eigenvalue weighted by molar-refractivity contribution is -0.141. The van der Waals surface area contributed by atoms with Crippen molar-refractivity contribution >= 4 is 27.9 Å². The quantitative estimate of drug-likeness (QED) is 0.664. The average molecular weight is 302 g/mol. The molecule has 0 saturated carbocycles. The number of halogens is 1. The fraction of sp³-hybridized carbons (Fsp3) is 0.364. The van der Waals surface area contributed by atoms with E-state index >= 15 is 0 Å². The number of carbonyl (C=O) groups excluding carboxylic acids is 1. The Kier molecular flexibility index (Phi) is 5.09. The molecule has 1 rings (SSSR count). The SMILES string of the molecule is COC(=O)C[C@H](CC(=O)O)c1ccnc(Br)c1. The molecule has 1 aromatic heterocycles. The number of methoxy groups -OCH3 is 1. The summed E-state index contributed by atoms with van der Waals surface area (Å²) in [6.45, 7) is 0. The van der Waals surface area contributed by atoms with Crippen LogP contribution in [0.3, 0.4) is 0 Å². The van der Waals surface area contributed by atoms with Gasteiger partial charge in [0.15, 0.2) is 0 Å². The van der Waals surface area contributed by atoms with Gasteiger partial charge in [-0.1, -0.05) is 0 Å². The van der Waals surface area contributed by atoms with Crippen LogP contribution >= 0.6 is 15.9 Å². The Morgan fingerprint density at radius 2 is 2.24 bits per heavy atom. The maximum atomic E-state index is 11.2. The summed E-state index contributed by atoms with van der Waals surface area (Å²) < 4.78 is 5.16. The van der Waals surface area contributed by atoms with Crippen molar-refractivity contribution in [3.8, 4) is 0 Å². The lowest BCUT2D eigenvalue weighted by Gasteiger charge is -2.13. The second-order valence-corrected chi connectivity index (χ2v) is 4.30. The van der Waals surface area contributed by atoms with Crippen LogP contribution in [0.4, 0.5) is 0 Å². The molecule has 0 amide bonds. The van der Waals surface area contributed by atoms with Crippen LogP contribution in [0.2, 0.25) is 0 Å². The van der Waals surface area contributed by atoms with Crippen LogP contribution in [0, 0.1) is 0 Å². The number of hydrogen-bond acceptors (Lipinski definition) is 4. The maximum Gasteiger partial charge on any atom is 0.306 e. The van der Waals surface area contributed by atoms with Crippen LogP contribution in [0.5, 0.6) is 0 Å². The molecule has 0 aliphatic heterocycles. The minimum Gasteiger partial charge on any atom is -0.481 e. The number of aromatic nitrogens is 1. The largest absolute Gasteiger partial charge is 0.481 e. The molecule has 1 aromatic rings. The molecule has 6 heteroatoms. The molecule has 1 atom stereocenters. The van der Waals surface area contributed by atoms with Gasteiger partial charge in [0.25, 0.3) is 0 Å². The van der Waals surface area contributed by atoms with Crippen molar-refractivity contribution in [1.82, 2.24) is 4.98 Å². The topological polar surface area (TPSA) is 76.5 Å². The van der Waals surface area contributed by atoms with E-state index in [2.05, 4.69) is 25.7 Å². The number of hydrogen-bond donors (Lipinski definition) is 1.